The Bertz CT molecular complexity index is 317. The van der Waals surface area contributed by atoms with Gasteiger partial charge in [0, 0.05) is 10.9 Å². The van der Waals surface area contributed by atoms with E-state index in [2.05, 4.69) is 36.8 Å². The van der Waals surface area contributed by atoms with Crippen molar-refractivity contribution in [1.82, 2.24) is 4.98 Å². The average molecular weight is 319 g/mol. The van der Waals surface area contributed by atoms with E-state index in [9.17, 15) is 13.2 Å². The monoisotopic (exact) mass is 317 g/mol. The molecule has 0 aromatic carbocycles. The highest BCUT2D eigenvalue weighted by Crippen LogP contribution is 2.30. The Kier molecular flexibility index (Phi) is 3.73. The van der Waals surface area contributed by atoms with Crippen LogP contribution in [0, 0.1) is 5.82 Å². The van der Waals surface area contributed by atoms with Gasteiger partial charge in [0.25, 0.3) is 6.43 Å². The second-order valence-electron chi connectivity index (χ2n) is 2.22. The van der Waals surface area contributed by atoms with Crippen molar-refractivity contribution < 1.29 is 13.2 Å². The number of hydrogen-bond acceptors (Lipinski definition) is 1. The van der Waals surface area contributed by atoms with E-state index >= 15 is 0 Å². The number of halogens is 5. The van der Waals surface area contributed by atoms with E-state index in [1.54, 1.807) is 0 Å². The Labute approximate surface area is 89.6 Å². The van der Waals surface area contributed by atoms with Crippen molar-refractivity contribution in [2.75, 3.05) is 0 Å². The van der Waals surface area contributed by atoms with Crippen LogP contribution in [0.5, 0.6) is 0 Å². The molecule has 0 saturated heterocycles. The lowest BCUT2D eigenvalue weighted by molar-refractivity contribution is 0.145. The molecule has 0 aliphatic carbocycles. The minimum atomic E-state index is -2.83. The molecular weight excluding hydrogens is 315 g/mol. The van der Waals surface area contributed by atoms with E-state index in [4.69, 9.17) is 0 Å². The fourth-order valence-electron chi connectivity index (χ4n) is 0.879. The zero-order valence-electron chi connectivity index (χ0n) is 6.20. The number of pyridine rings is 1. The molecule has 0 atom stereocenters. The highest BCUT2D eigenvalue weighted by Gasteiger charge is 2.20. The van der Waals surface area contributed by atoms with Gasteiger partial charge in [0.2, 0.25) is 0 Å². The van der Waals surface area contributed by atoms with Crippen molar-refractivity contribution >= 4 is 31.9 Å². The molecular formula is C7H4Br2F3N. The summed E-state index contributed by atoms with van der Waals surface area (Å²) < 4.78 is 37.8. The Morgan fingerprint density at radius 2 is 2.08 bits per heavy atom. The van der Waals surface area contributed by atoms with Crippen molar-refractivity contribution in [3.05, 3.63) is 27.7 Å². The van der Waals surface area contributed by atoms with E-state index in [1.165, 1.54) is 0 Å². The fourth-order valence-corrected chi connectivity index (χ4v) is 2.28. The van der Waals surface area contributed by atoms with E-state index in [1.807, 2.05) is 0 Å². The molecule has 1 rings (SSSR count). The van der Waals surface area contributed by atoms with Crippen molar-refractivity contribution in [2.24, 2.45) is 0 Å². The molecule has 0 radical (unpaired) electrons. The van der Waals surface area contributed by atoms with E-state index < -0.39 is 17.8 Å². The zero-order valence-corrected chi connectivity index (χ0v) is 9.37. The van der Waals surface area contributed by atoms with Crippen LogP contribution in [0.1, 0.15) is 17.6 Å². The van der Waals surface area contributed by atoms with Gasteiger partial charge in [-0.25, -0.2) is 18.2 Å². The Morgan fingerprint density at radius 3 is 2.46 bits per heavy atom. The number of rotatable bonds is 2. The van der Waals surface area contributed by atoms with Gasteiger partial charge < -0.3 is 0 Å². The summed E-state index contributed by atoms with van der Waals surface area (Å²) in [6.07, 6.45) is -2.05. The fraction of sp³-hybridized carbons (Fsp3) is 0.286. The van der Waals surface area contributed by atoms with Crippen molar-refractivity contribution in [3.8, 4) is 0 Å². The lowest BCUT2D eigenvalue weighted by atomic mass is 10.1. The van der Waals surface area contributed by atoms with E-state index in [0.29, 0.717) is 0 Å². The van der Waals surface area contributed by atoms with Crippen LogP contribution in [0.2, 0.25) is 0 Å². The van der Waals surface area contributed by atoms with Gasteiger partial charge in [0.05, 0.1) is 11.8 Å². The summed E-state index contributed by atoms with van der Waals surface area (Å²) in [4.78, 5) is 3.57. The summed E-state index contributed by atoms with van der Waals surface area (Å²) >= 11 is 5.96. The molecule has 0 aliphatic rings. The van der Waals surface area contributed by atoms with Crippen LogP contribution in [0.15, 0.2) is 10.8 Å². The van der Waals surface area contributed by atoms with Gasteiger partial charge in [-0.15, -0.1) is 0 Å². The maximum absolute atomic E-state index is 12.9. The standard InChI is InChI=1S/C7H4Br2F3N/c8-1-3-5(7(11)12)4(10)2-13-6(3)9/h2,7H,1H2. The first-order chi connectivity index (χ1) is 6.07. The minimum Gasteiger partial charge on any atom is -0.246 e. The zero-order chi connectivity index (χ0) is 10.0. The molecule has 0 saturated carbocycles. The Balaban J connectivity index is 3.35. The second-order valence-corrected chi connectivity index (χ2v) is 3.54. The lowest BCUT2D eigenvalue weighted by Gasteiger charge is -2.08. The van der Waals surface area contributed by atoms with Gasteiger partial charge in [-0.05, 0) is 15.9 Å². The van der Waals surface area contributed by atoms with E-state index in [-0.39, 0.29) is 15.5 Å². The molecule has 72 valence electrons. The normalized spacial score (nSPS) is 10.9. The molecule has 1 aromatic rings. The molecule has 0 aliphatic heterocycles. The number of alkyl halides is 3. The SMILES string of the molecule is Fc1cnc(Br)c(CBr)c1C(F)F. The molecule has 1 nitrogen and oxygen atoms in total. The summed E-state index contributed by atoms with van der Waals surface area (Å²) in [6, 6.07) is 0. The van der Waals surface area contributed by atoms with Crippen molar-refractivity contribution in [1.29, 1.82) is 0 Å². The largest absolute Gasteiger partial charge is 0.267 e. The smallest absolute Gasteiger partial charge is 0.246 e. The molecule has 1 aromatic heterocycles. The first-order valence-corrected chi connectivity index (χ1v) is 5.16. The summed E-state index contributed by atoms with van der Waals surface area (Å²) in [6.45, 7) is 0. The van der Waals surface area contributed by atoms with Crippen LogP contribution in [0.4, 0.5) is 13.2 Å². The van der Waals surface area contributed by atoms with Crippen LogP contribution in [0.3, 0.4) is 0 Å². The molecule has 0 amide bonds. The maximum atomic E-state index is 12.9. The third-order valence-corrected chi connectivity index (χ3v) is 2.72. The molecule has 13 heavy (non-hydrogen) atoms. The number of nitrogens with zero attached hydrogens (tertiary/aromatic N) is 1. The first kappa shape index (κ1) is 11.0. The van der Waals surface area contributed by atoms with Gasteiger partial charge in [0.1, 0.15) is 4.60 Å². The number of aromatic nitrogens is 1. The molecule has 0 bridgehead atoms. The maximum Gasteiger partial charge on any atom is 0.267 e. The summed E-state index contributed by atoms with van der Waals surface area (Å²) in [5, 5.41) is 0.137. The lowest BCUT2D eigenvalue weighted by Crippen LogP contribution is -2.00. The summed E-state index contributed by atoms with van der Waals surface area (Å²) in [5.41, 5.74) is -0.450. The predicted molar refractivity (Wildman–Crippen MR) is 49.5 cm³/mol. The average Bonchev–Trinajstić information content (AvgIpc) is 2.07. The summed E-state index contributed by atoms with van der Waals surface area (Å²) in [5.74, 6) is -0.979. The van der Waals surface area contributed by atoms with Crippen molar-refractivity contribution in [2.45, 2.75) is 11.8 Å². The van der Waals surface area contributed by atoms with Gasteiger partial charge >= 0.3 is 0 Å². The molecule has 0 N–H and O–H groups in total. The molecule has 0 fully saturated rings. The third-order valence-electron chi connectivity index (χ3n) is 1.47. The van der Waals surface area contributed by atoms with Gasteiger partial charge in [0.15, 0.2) is 5.82 Å². The van der Waals surface area contributed by atoms with Crippen LogP contribution >= 0.6 is 31.9 Å². The first-order valence-electron chi connectivity index (χ1n) is 3.24. The number of hydrogen-bond donors (Lipinski definition) is 0. The second kappa shape index (κ2) is 4.41. The van der Waals surface area contributed by atoms with Crippen molar-refractivity contribution in [3.63, 3.8) is 0 Å². The topological polar surface area (TPSA) is 12.9 Å². The quantitative estimate of drug-likeness (QED) is 0.597. The predicted octanol–water partition coefficient (Wildman–Crippen LogP) is 3.82. The van der Waals surface area contributed by atoms with E-state index in [0.717, 1.165) is 6.20 Å². The van der Waals surface area contributed by atoms with Crippen LogP contribution in [-0.2, 0) is 5.33 Å². The van der Waals surface area contributed by atoms with Crippen LogP contribution < -0.4 is 0 Å². The summed E-state index contributed by atoms with van der Waals surface area (Å²) in [7, 11) is 0. The molecule has 6 heteroatoms. The van der Waals surface area contributed by atoms with Crippen LogP contribution in [-0.4, -0.2) is 4.98 Å². The highest BCUT2D eigenvalue weighted by molar-refractivity contribution is 9.10. The van der Waals surface area contributed by atoms with Gasteiger partial charge in [-0.2, -0.15) is 0 Å². The Hall–Kier alpha value is -0.100. The highest BCUT2D eigenvalue weighted by atomic mass is 79.9. The van der Waals surface area contributed by atoms with Gasteiger partial charge in [-0.1, -0.05) is 15.9 Å². The van der Waals surface area contributed by atoms with Gasteiger partial charge in [-0.3, -0.25) is 0 Å². The molecule has 0 spiro atoms. The minimum absolute atomic E-state index is 0.137. The third kappa shape index (κ3) is 2.22. The molecule has 1 heterocycles. The van der Waals surface area contributed by atoms with Crippen LogP contribution in [0.25, 0.3) is 0 Å². The molecule has 0 unspecified atom stereocenters. The Morgan fingerprint density at radius 1 is 1.46 bits per heavy atom.